The molecule has 0 unspecified atom stereocenters. The molecule has 19 heavy (non-hydrogen) atoms. The minimum absolute atomic E-state index is 0.0416. The third-order valence-corrected chi connectivity index (χ3v) is 3.29. The van der Waals surface area contributed by atoms with Crippen LogP contribution >= 0.6 is 11.6 Å². The molecule has 1 amide bonds. The Hall–Kier alpha value is -1.62. The Kier molecular flexibility index (Phi) is 4.04. The number of benzene rings is 1. The molecule has 0 heterocycles. The van der Waals surface area contributed by atoms with Gasteiger partial charge in [0.15, 0.2) is 0 Å². The number of hydrogen-bond acceptors (Lipinski definition) is 2. The molecular formula is C13H13ClFNO3. The maximum atomic E-state index is 13.3. The highest BCUT2D eigenvalue weighted by atomic mass is 35.5. The lowest BCUT2D eigenvalue weighted by molar-refractivity contribution is -0.137. The van der Waals surface area contributed by atoms with E-state index in [2.05, 4.69) is 0 Å². The molecule has 0 saturated heterocycles. The predicted octanol–water partition coefficient (Wildman–Crippen LogP) is 2.56. The van der Waals surface area contributed by atoms with Crippen LogP contribution in [-0.2, 0) is 4.79 Å². The SMILES string of the molecule is O=C(O)CCN(C(=O)c1ccc(Cl)c(F)c1)C1CC1. The van der Waals surface area contributed by atoms with Crippen LogP contribution in [0.5, 0.6) is 0 Å². The maximum Gasteiger partial charge on any atom is 0.305 e. The smallest absolute Gasteiger partial charge is 0.305 e. The number of carbonyl (C=O) groups is 2. The summed E-state index contributed by atoms with van der Waals surface area (Å²) in [7, 11) is 0. The summed E-state index contributed by atoms with van der Waals surface area (Å²) < 4.78 is 13.3. The number of carboxylic acids is 1. The van der Waals surface area contributed by atoms with Crippen molar-refractivity contribution >= 4 is 23.5 Å². The molecule has 2 rings (SSSR count). The Labute approximate surface area is 114 Å². The Morgan fingerprint density at radius 3 is 2.63 bits per heavy atom. The second-order valence-corrected chi connectivity index (χ2v) is 4.91. The molecule has 0 aliphatic heterocycles. The Morgan fingerprint density at radius 2 is 2.11 bits per heavy atom. The van der Waals surface area contributed by atoms with Crippen LogP contribution in [0.15, 0.2) is 18.2 Å². The molecule has 1 N–H and O–H groups in total. The maximum absolute atomic E-state index is 13.3. The first kappa shape index (κ1) is 13.8. The first-order valence-corrected chi connectivity index (χ1v) is 6.34. The summed E-state index contributed by atoms with van der Waals surface area (Å²) in [5.74, 6) is -1.96. The Morgan fingerprint density at radius 1 is 1.42 bits per heavy atom. The molecule has 1 aliphatic rings. The highest BCUT2D eigenvalue weighted by molar-refractivity contribution is 6.30. The molecule has 1 aromatic rings. The van der Waals surface area contributed by atoms with Crippen molar-refractivity contribution in [1.82, 2.24) is 4.90 Å². The minimum Gasteiger partial charge on any atom is -0.481 e. The molecule has 102 valence electrons. The van der Waals surface area contributed by atoms with Crippen molar-refractivity contribution in [3.8, 4) is 0 Å². The van der Waals surface area contributed by atoms with Gasteiger partial charge in [0.2, 0.25) is 0 Å². The number of halogens is 2. The number of rotatable bonds is 5. The van der Waals surface area contributed by atoms with Gasteiger partial charge in [0, 0.05) is 18.2 Å². The average Bonchev–Trinajstić information content (AvgIpc) is 3.16. The summed E-state index contributed by atoms with van der Waals surface area (Å²) in [6.07, 6.45) is 1.61. The number of hydrogen-bond donors (Lipinski definition) is 1. The van der Waals surface area contributed by atoms with Gasteiger partial charge < -0.3 is 10.0 Å². The van der Waals surface area contributed by atoms with Crippen molar-refractivity contribution in [1.29, 1.82) is 0 Å². The molecule has 1 fully saturated rings. The van der Waals surface area contributed by atoms with E-state index in [9.17, 15) is 14.0 Å². The number of amides is 1. The molecule has 4 nitrogen and oxygen atoms in total. The zero-order valence-electron chi connectivity index (χ0n) is 10.1. The van der Waals surface area contributed by atoms with Crippen LogP contribution in [0.1, 0.15) is 29.6 Å². The van der Waals surface area contributed by atoms with Gasteiger partial charge in [-0.05, 0) is 31.0 Å². The van der Waals surface area contributed by atoms with Crippen molar-refractivity contribution in [2.75, 3.05) is 6.54 Å². The van der Waals surface area contributed by atoms with Gasteiger partial charge in [0.1, 0.15) is 5.82 Å². The van der Waals surface area contributed by atoms with E-state index in [1.807, 2.05) is 0 Å². The molecule has 0 aromatic heterocycles. The molecule has 0 spiro atoms. The topological polar surface area (TPSA) is 57.6 Å². The number of nitrogens with zero attached hydrogens (tertiary/aromatic N) is 1. The quantitative estimate of drug-likeness (QED) is 0.904. The highest BCUT2D eigenvalue weighted by Gasteiger charge is 2.33. The van der Waals surface area contributed by atoms with Gasteiger partial charge >= 0.3 is 5.97 Å². The zero-order valence-corrected chi connectivity index (χ0v) is 10.9. The van der Waals surface area contributed by atoms with Gasteiger partial charge in [-0.2, -0.15) is 0 Å². The number of carbonyl (C=O) groups excluding carboxylic acids is 1. The summed E-state index contributed by atoms with van der Waals surface area (Å²) in [5.41, 5.74) is 0.194. The van der Waals surface area contributed by atoms with Crippen molar-refractivity contribution in [2.24, 2.45) is 0 Å². The van der Waals surface area contributed by atoms with Crippen molar-refractivity contribution in [2.45, 2.75) is 25.3 Å². The van der Waals surface area contributed by atoms with E-state index >= 15 is 0 Å². The number of carboxylic acid groups (broad SMARTS) is 1. The Bertz CT molecular complexity index is 517. The molecule has 0 radical (unpaired) electrons. The number of aliphatic carboxylic acids is 1. The predicted molar refractivity (Wildman–Crippen MR) is 67.7 cm³/mol. The van der Waals surface area contributed by atoms with Gasteiger partial charge in [-0.25, -0.2) is 4.39 Å². The molecule has 1 saturated carbocycles. The van der Waals surface area contributed by atoms with E-state index in [1.165, 1.54) is 17.0 Å². The summed E-state index contributed by atoms with van der Waals surface area (Å²) in [6, 6.07) is 3.93. The van der Waals surface area contributed by atoms with Crippen LogP contribution in [0.25, 0.3) is 0 Å². The monoisotopic (exact) mass is 285 g/mol. The largest absolute Gasteiger partial charge is 0.481 e. The van der Waals surface area contributed by atoms with E-state index in [0.717, 1.165) is 18.9 Å². The third kappa shape index (κ3) is 3.44. The first-order chi connectivity index (χ1) is 8.99. The molecule has 1 aromatic carbocycles. The standard InChI is InChI=1S/C13H13ClFNO3/c14-10-4-1-8(7-11(10)15)13(19)16(9-2-3-9)6-5-12(17)18/h1,4,7,9H,2-3,5-6H2,(H,17,18). The van der Waals surface area contributed by atoms with Gasteiger partial charge in [-0.15, -0.1) is 0 Å². The highest BCUT2D eigenvalue weighted by Crippen LogP contribution is 2.29. The van der Waals surface area contributed by atoms with Crippen molar-refractivity contribution in [3.05, 3.63) is 34.6 Å². The molecule has 6 heteroatoms. The molecule has 0 atom stereocenters. The molecular weight excluding hydrogens is 273 g/mol. The van der Waals surface area contributed by atoms with Crippen molar-refractivity contribution < 1.29 is 19.1 Å². The first-order valence-electron chi connectivity index (χ1n) is 5.97. The van der Waals surface area contributed by atoms with Gasteiger partial charge in [0.25, 0.3) is 5.91 Å². The lowest BCUT2D eigenvalue weighted by Gasteiger charge is -2.21. The van der Waals surface area contributed by atoms with Gasteiger partial charge in [-0.3, -0.25) is 9.59 Å². The van der Waals surface area contributed by atoms with E-state index in [-0.39, 0.29) is 35.5 Å². The van der Waals surface area contributed by atoms with E-state index in [4.69, 9.17) is 16.7 Å². The van der Waals surface area contributed by atoms with Crippen LogP contribution in [0.3, 0.4) is 0 Å². The van der Waals surface area contributed by atoms with E-state index < -0.39 is 11.8 Å². The summed E-state index contributed by atoms with van der Waals surface area (Å²) in [6.45, 7) is 0.142. The van der Waals surface area contributed by atoms with Crippen LogP contribution in [-0.4, -0.2) is 34.5 Å². The second kappa shape index (κ2) is 5.57. The van der Waals surface area contributed by atoms with E-state index in [0.29, 0.717) is 0 Å². The normalized spacial score (nSPS) is 14.2. The lowest BCUT2D eigenvalue weighted by Crippen LogP contribution is -2.35. The zero-order chi connectivity index (χ0) is 14.0. The fourth-order valence-electron chi connectivity index (χ4n) is 1.85. The summed E-state index contributed by atoms with van der Waals surface area (Å²) in [4.78, 5) is 24.3. The fraction of sp³-hybridized carbons (Fsp3) is 0.385. The fourth-order valence-corrected chi connectivity index (χ4v) is 1.96. The average molecular weight is 286 g/mol. The van der Waals surface area contributed by atoms with Gasteiger partial charge in [-0.1, -0.05) is 11.6 Å². The van der Waals surface area contributed by atoms with Crippen LogP contribution < -0.4 is 0 Å². The third-order valence-electron chi connectivity index (χ3n) is 2.98. The Balaban J connectivity index is 2.14. The van der Waals surface area contributed by atoms with Crippen LogP contribution in [0.2, 0.25) is 5.02 Å². The molecule has 1 aliphatic carbocycles. The van der Waals surface area contributed by atoms with E-state index in [1.54, 1.807) is 0 Å². The van der Waals surface area contributed by atoms with Crippen molar-refractivity contribution in [3.63, 3.8) is 0 Å². The van der Waals surface area contributed by atoms with Gasteiger partial charge in [0.05, 0.1) is 11.4 Å². The minimum atomic E-state index is -0.958. The molecule has 0 bridgehead atoms. The van der Waals surface area contributed by atoms with Crippen LogP contribution in [0, 0.1) is 5.82 Å². The lowest BCUT2D eigenvalue weighted by atomic mass is 10.2. The summed E-state index contributed by atoms with van der Waals surface area (Å²) in [5, 5.41) is 8.64. The van der Waals surface area contributed by atoms with Crippen LogP contribution in [0.4, 0.5) is 4.39 Å². The second-order valence-electron chi connectivity index (χ2n) is 4.50. The summed E-state index contributed by atoms with van der Waals surface area (Å²) >= 11 is 5.56.